The van der Waals surface area contributed by atoms with Gasteiger partial charge in [-0.1, -0.05) is 53.7 Å². The molecule has 0 unspecified atom stereocenters. The zero-order valence-electron chi connectivity index (χ0n) is 23.3. The molecule has 1 aliphatic rings. The van der Waals surface area contributed by atoms with Gasteiger partial charge >= 0.3 is 6.03 Å². The molecule has 2 heterocycles. The van der Waals surface area contributed by atoms with Crippen LogP contribution in [0.2, 0.25) is 0 Å². The zero-order valence-corrected chi connectivity index (χ0v) is 25.0. The third kappa shape index (κ3) is 6.20. The second kappa shape index (κ2) is 12.1. The van der Waals surface area contributed by atoms with Crippen molar-refractivity contribution in [3.05, 3.63) is 123 Å². The van der Waals surface area contributed by atoms with E-state index in [0.717, 1.165) is 26.9 Å². The number of thiazole rings is 1. The highest BCUT2D eigenvalue weighted by atomic mass is 32.2. The first-order valence-electron chi connectivity index (χ1n) is 13.4. The third-order valence-electron chi connectivity index (χ3n) is 6.74. The average Bonchev–Trinajstić information content (AvgIpc) is 3.42. The smallest absolute Gasteiger partial charge is 0.322 e. The van der Waals surface area contributed by atoms with Crippen LogP contribution in [0.25, 0.3) is 16.3 Å². The number of fused-ring (bicyclic) bond motifs is 1. The number of rotatable bonds is 7. The summed E-state index contributed by atoms with van der Waals surface area (Å²) in [4.78, 5) is 67.9. The molecule has 45 heavy (non-hydrogen) atoms. The van der Waals surface area contributed by atoms with Crippen LogP contribution in [0.5, 0.6) is 0 Å². The monoisotopic (exact) mass is 635 g/mol. The molecule has 0 spiro atoms. The van der Waals surface area contributed by atoms with Gasteiger partial charge in [-0.15, -0.1) is 11.3 Å². The van der Waals surface area contributed by atoms with Gasteiger partial charge in [0.05, 0.1) is 25.7 Å². The number of carbonyl (C=O) groups excluding carboxylic acids is 4. The maximum atomic E-state index is 13.1. The Morgan fingerprint density at radius 3 is 2.49 bits per heavy atom. The number of nitro benzene ring substituents is 1. The Bertz CT molecular complexity index is 2060. The number of hydrogen-bond acceptors (Lipinski definition) is 9. The number of imide groups is 2. The number of barbiturate groups is 1. The number of nitrogens with one attached hydrogen (secondary N) is 2. The van der Waals surface area contributed by atoms with Crippen molar-refractivity contribution >= 4 is 80.2 Å². The maximum absolute atomic E-state index is 13.1. The molecule has 2 N–H and O–H groups in total. The minimum atomic E-state index is -0.901. The Hall–Kier alpha value is -5.66. The molecule has 0 bridgehead atoms. The molecule has 0 saturated carbocycles. The van der Waals surface area contributed by atoms with Gasteiger partial charge in [0.2, 0.25) is 0 Å². The predicted molar refractivity (Wildman–Crippen MR) is 171 cm³/mol. The van der Waals surface area contributed by atoms with E-state index in [1.165, 1.54) is 35.6 Å². The molecule has 5 aromatic rings. The van der Waals surface area contributed by atoms with E-state index in [2.05, 4.69) is 15.6 Å². The fraction of sp³-hybridized carbons (Fsp3) is 0.0312. The van der Waals surface area contributed by atoms with E-state index in [-0.39, 0.29) is 28.4 Å². The van der Waals surface area contributed by atoms with Gasteiger partial charge in [0.25, 0.3) is 23.4 Å². The van der Waals surface area contributed by atoms with Crippen LogP contribution in [-0.4, -0.2) is 33.7 Å². The standard InChI is InChI=1S/C32H21N5O6S2/c1-18-7-10-20(11-8-18)28(38)33-21-12-13-24-27(17-21)45-32(34-24)44-26-14-9-19(16-25(26)37(42)43)15-23-29(39)35-31(41)36(30(23)40)22-5-3-2-4-6-22/h2-17H,1H3,(H,33,38)(H,35,39,41)/b23-15+. The number of urea groups is 1. The molecule has 6 rings (SSSR count). The molecule has 0 atom stereocenters. The molecular weight excluding hydrogens is 615 g/mol. The highest BCUT2D eigenvalue weighted by Crippen LogP contribution is 2.40. The van der Waals surface area contributed by atoms with Gasteiger partial charge in [-0.2, -0.15) is 0 Å². The van der Waals surface area contributed by atoms with E-state index in [1.807, 2.05) is 19.1 Å². The molecular formula is C32H21N5O6S2. The molecule has 1 aliphatic heterocycles. The van der Waals surface area contributed by atoms with Crippen LogP contribution in [0, 0.1) is 17.0 Å². The Labute approximate surface area is 263 Å². The summed E-state index contributed by atoms with van der Waals surface area (Å²) in [5.41, 5.74) is 2.74. The zero-order chi connectivity index (χ0) is 31.7. The van der Waals surface area contributed by atoms with Crippen molar-refractivity contribution in [2.45, 2.75) is 16.2 Å². The Balaban J connectivity index is 1.24. The van der Waals surface area contributed by atoms with Crippen LogP contribution in [0.15, 0.2) is 106 Å². The first kappa shape index (κ1) is 29.4. The number of carbonyl (C=O) groups is 4. The molecule has 5 amide bonds. The van der Waals surface area contributed by atoms with Crippen LogP contribution in [0.4, 0.5) is 21.9 Å². The largest absolute Gasteiger partial charge is 0.335 e. The Morgan fingerprint density at radius 2 is 1.76 bits per heavy atom. The lowest BCUT2D eigenvalue weighted by Gasteiger charge is -2.26. The van der Waals surface area contributed by atoms with Gasteiger partial charge in [0.1, 0.15) is 5.57 Å². The van der Waals surface area contributed by atoms with Gasteiger partial charge in [-0.25, -0.2) is 14.7 Å². The topological polar surface area (TPSA) is 152 Å². The van der Waals surface area contributed by atoms with Crippen LogP contribution in [0.3, 0.4) is 0 Å². The lowest BCUT2D eigenvalue weighted by Crippen LogP contribution is -2.54. The summed E-state index contributed by atoms with van der Waals surface area (Å²) in [5.74, 6) is -1.99. The van der Waals surface area contributed by atoms with E-state index in [4.69, 9.17) is 0 Å². The second-order valence-electron chi connectivity index (χ2n) is 9.86. The summed E-state index contributed by atoms with van der Waals surface area (Å²) in [5, 5.41) is 17.1. The lowest BCUT2D eigenvalue weighted by atomic mass is 10.1. The molecule has 0 radical (unpaired) electrons. The number of aryl methyl sites for hydroxylation is 1. The number of anilines is 2. The lowest BCUT2D eigenvalue weighted by molar-refractivity contribution is -0.387. The first-order chi connectivity index (χ1) is 21.7. The third-order valence-corrected chi connectivity index (χ3v) is 8.89. The Morgan fingerprint density at radius 1 is 1.00 bits per heavy atom. The van der Waals surface area contributed by atoms with Crippen molar-refractivity contribution in [2.24, 2.45) is 0 Å². The van der Waals surface area contributed by atoms with E-state index in [1.54, 1.807) is 60.7 Å². The molecule has 222 valence electrons. The summed E-state index contributed by atoms with van der Waals surface area (Å²) in [7, 11) is 0. The fourth-order valence-electron chi connectivity index (χ4n) is 4.52. The molecule has 1 fully saturated rings. The minimum absolute atomic E-state index is 0.227. The van der Waals surface area contributed by atoms with E-state index >= 15 is 0 Å². The summed E-state index contributed by atoms with van der Waals surface area (Å²) < 4.78 is 1.32. The van der Waals surface area contributed by atoms with Crippen LogP contribution < -0.4 is 15.5 Å². The number of amides is 5. The number of para-hydroxylation sites is 1. The predicted octanol–water partition coefficient (Wildman–Crippen LogP) is 6.58. The van der Waals surface area contributed by atoms with Crippen molar-refractivity contribution < 1.29 is 24.1 Å². The highest BCUT2D eigenvalue weighted by molar-refractivity contribution is 8.01. The molecule has 1 aromatic heterocycles. The van der Waals surface area contributed by atoms with Crippen molar-refractivity contribution in [1.82, 2.24) is 10.3 Å². The number of nitro groups is 1. The minimum Gasteiger partial charge on any atom is -0.322 e. The van der Waals surface area contributed by atoms with Crippen molar-refractivity contribution in [1.29, 1.82) is 0 Å². The number of aromatic nitrogens is 1. The summed E-state index contributed by atoms with van der Waals surface area (Å²) in [6, 6.07) is 24.0. The van der Waals surface area contributed by atoms with Gasteiger partial charge < -0.3 is 5.32 Å². The van der Waals surface area contributed by atoms with Crippen LogP contribution >= 0.6 is 23.1 Å². The highest BCUT2D eigenvalue weighted by Gasteiger charge is 2.36. The summed E-state index contributed by atoms with van der Waals surface area (Å²) in [6.07, 6.45) is 1.21. The summed E-state index contributed by atoms with van der Waals surface area (Å²) >= 11 is 2.41. The van der Waals surface area contributed by atoms with Gasteiger partial charge in [0.15, 0.2) is 4.34 Å². The molecule has 1 saturated heterocycles. The van der Waals surface area contributed by atoms with Gasteiger partial charge in [-0.3, -0.25) is 29.8 Å². The van der Waals surface area contributed by atoms with Crippen LogP contribution in [0.1, 0.15) is 21.5 Å². The quantitative estimate of drug-likeness (QED) is 0.0880. The molecule has 4 aromatic carbocycles. The van der Waals surface area contributed by atoms with E-state index in [9.17, 15) is 29.3 Å². The fourth-order valence-corrected chi connectivity index (χ4v) is 6.66. The number of nitrogens with zero attached hydrogens (tertiary/aromatic N) is 3. The second-order valence-corrected chi connectivity index (χ2v) is 12.2. The molecule has 11 nitrogen and oxygen atoms in total. The molecule has 0 aliphatic carbocycles. The van der Waals surface area contributed by atoms with E-state index < -0.39 is 22.8 Å². The Kier molecular flexibility index (Phi) is 7.94. The average molecular weight is 636 g/mol. The number of benzene rings is 4. The van der Waals surface area contributed by atoms with Crippen molar-refractivity contribution in [3.63, 3.8) is 0 Å². The first-order valence-corrected chi connectivity index (χ1v) is 15.0. The van der Waals surface area contributed by atoms with E-state index in [0.29, 0.717) is 26.0 Å². The van der Waals surface area contributed by atoms with Crippen molar-refractivity contribution in [2.75, 3.05) is 10.2 Å². The summed E-state index contributed by atoms with van der Waals surface area (Å²) in [6.45, 7) is 1.94. The van der Waals surface area contributed by atoms with Crippen LogP contribution in [-0.2, 0) is 9.59 Å². The van der Waals surface area contributed by atoms with Crippen molar-refractivity contribution in [3.8, 4) is 0 Å². The molecule has 13 heteroatoms. The number of hydrogen-bond donors (Lipinski definition) is 2. The van der Waals surface area contributed by atoms with Gasteiger partial charge in [0, 0.05) is 17.3 Å². The maximum Gasteiger partial charge on any atom is 0.335 e. The normalized spacial score (nSPS) is 14.1. The van der Waals surface area contributed by atoms with Gasteiger partial charge in [-0.05, 0) is 67.1 Å². The SMILES string of the molecule is Cc1ccc(C(=O)Nc2ccc3nc(Sc4ccc(/C=C5\C(=O)NC(=O)N(c6ccccc6)C5=O)cc4[N+](=O)[O-])sc3c2)cc1.